The molecule has 1 aliphatic carbocycles. The highest BCUT2D eigenvalue weighted by molar-refractivity contribution is 5.84. The maximum atomic E-state index is 12.2. The first kappa shape index (κ1) is 13.1. The number of carbonyl (C=O) groups is 1. The van der Waals surface area contributed by atoms with E-state index in [1.165, 1.54) is 6.07 Å². The first-order valence-electron chi connectivity index (χ1n) is 6.92. The molecule has 3 rings (SSSR count). The summed E-state index contributed by atoms with van der Waals surface area (Å²) in [5.41, 5.74) is 0.678. The van der Waals surface area contributed by atoms with Crippen LogP contribution >= 0.6 is 0 Å². The van der Waals surface area contributed by atoms with Crippen molar-refractivity contribution in [2.45, 2.75) is 37.9 Å². The Kier molecular flexibility index (Phi) is 3.40. The van der Waals surface area contributed by atoms with Crippen LogP contribution in [0, 0.1) is 10.1 Å². The molecule has 106 valence electrons. The van der Waals surface area contributed by atoms with Crippen LogP contribution in [0.4, 0.5) is 5.69 Å². The van der Waals surface area contributed by atoms with Crippen LogP contribution in [0.5, 0.6) is 0 Å². The molecule has 0 spiro atoms. The summed E-state index contributed by atoms with van der Waals surface area (Å²) in [6, 6.07) is 7.00. The van der Waals surface area contributed by atoms with Crippen molar-refractivity contribution in [1.82, 2.24) is 10.2 Å². The van der Waals surface area contributed by atoms with Crippen molar-refractivity contribution in [1.29, 1.82) is 0 Å². The van der Waals surface area contributed by atoms with Gasteiger partial charge in [-0.3, -0.25) is 14.9 Å². The molecular weight excluding hydrogens is 258 g/mol. The Bertz CT molecular complexity index is 542. The Labute approximate surface area is 116 Å². The van der Waals surface area contributed by atoms with Gasteiger partial charge in [0, 0.05) is 24.2 Å². The molecule has 1 aromatic carbocycles. The number of para-hydroxylation sites is 1. The van der Waals surface area contributed by atoms with Crippen molar-refractivity contribution < 1.29 is 9.72 Å². The molecule has 1 aliphatic heterocycles. The molecule has 1 N–H and O–H groups in total. The fourth-order valence-electron chi connectivity index (χ4n) is 2.61. The van der Waals surface area contributed by atoms with Crippen molar-refractivity contribution in [2.75, 3.05) is 6.54 Å². The Morgan fingerprint density at radius 3 is 2.75 bits per heavy atom. The molecule has 0 bridgehead atoms. The van der Waals surface area contributed by atoms with Gasteiger partial charge in [-0.25, -0.2) is 0 Å². The summed E-state index contributed by atoms with van der Waals surface area (Å²) >= 11 is 0. The van der Waals surface area contributed by atoms with E-state index in [1.54, 1.807) is 23.1 Å². The number of rotatable bonds is 5. The Balaban J connectivity index is 1.69. The lowest BCUT2D eigenvalue weighted by molar-refractivity contribution is -0.385. The minimum Gasteiger partial charge on any atom is -0.337 e. The normalized spacial score (nSPS) is 22.3. The number of nitro benzene ring substituents is 1. The summed E-state index contributed by atoms with van der Waals surface area (Å²) in [6.45, 7) is 0.980. The van der Waals surface area contributed by atoms with Crippen LogP contribution in [-0.2, 0) is 11.3 Å². The van der Waals surface area contributed by atoms with E-state index in [2.05, 4.69) is 5.32 Å². The van der Waals surface area contributed by atoms with Crippen LogP contribution in [0.2, 0.25) is 0 Å². The van der Waals surface area contributed by atoms with Gasteiger partial charge < -0.3 is 10.2 Å². The molecule has 1 saturated heterocycles. The number of hydrogen-bond acceptors (Lipinski definition) is 4. The van der Waals surface area contributed by atoms with Crippen LogP contribution in [0.3, 0.4) is 0 Å². The monoisotopic (exact) mass is 275 g/mol. The van der Waals surface area contributed by atoms with E-state index >= 15 is 0 Å². The quantitative estimate of drug-likeness (QED) is 0.652. The molecule has 1 aromatic rings. The van der Waals surface area contributed by atoms with Crippen LogP contribution in [0.1, 0.15) is 24.8 Å². The average molecular weight is 275 g/mol. The predicted octanol–water partition coefficient (Wildman–Crippen LogP) is 1.45. The highest BCUT2D eigenvalue weighted by atomic mass is 16.6. The maximum absolute atomic E-state index is 12.2. The van der Waals surface area contributed by atoms with E-state index in [1.807, 2.05) is 0 Å². The zero-order valence-corrected chi connectivity index (χ0v) is 11.1. The van der Waals surface area contributed by atoms with E-state index in [-0.39, 0.29) is 17.6 Å². The molecule has 2 fully saturated rings. The molecule has 0 aromatic heterocycles. The van der Waals surface area contributed by atoms with Crippen LogP contribution < -0.4 is 5.32 Å². The van der Waals surface area contributed by atoms with E-state index in [4.69, 9.17) is 0 Å². The van der Waals surface area contributed by atoms with Gasteiger partial charge in [0.2, 0.25) is 5.91 Å². The molecule has 6 nitrogen and oxygen atoms in total. The second-order valence-corrected chi connectivity index (χ2v) is 5.43. The predicted molar refractivity (Wildman–Crippen MR) is 73.1 cm³/mol. The van der Waals surface area contributed by atoms with Crippen molar-refractivity contribution >= 4 is 11.6 Å². The van der Waals surface area contributed by atoms with Gasteiger partial charge >= 0.3 is 0 Å². The molecule has 1 amide bonds. The number of carbonyl (C=O) groups excluding carboxylic acids is 1. The fourth-order valence-corrected chi connectivity index (χ4v) is 2.61. The number of benzene rings is 1. The Morgan fingerprint density at radius 2 is 2.05 bits per heavy atom. The first-order valence-corrected chi connectivity index (χ1v) is 6.92. The highest BCUT2D eigenvalue weighted by Gasteiger charge is 2.36. The molecule has 1 unspecified atom stereocenters. The largest absolute Gasteiger partial charge is 0.337 e. The van der Waals surface area contributed by atoms with Gasteiger partial charge in [0.05, 0.1) is 17.5 Å². The van der Waals surface area contributed by atoms with Crippen molar-refractivity contribution in [3.8, 4) is 0 Å². The van der Waals surface area contributed by atoms with Gasteiger partial charge in [0.25, 0.3) is 5.69 Å². The summed E-state index contributed by atoms with van der Waals surface area (Å²) in [6.07, 6.45) is 3.08. The molecule has 2 aliphatic rings. The van der Waals surface area contributed by atoms with Crippen molar-refractivity contribution in [3.05, 3.63) is 39.9 Å². The Morgan fingerprint density at radius 1 is 1.30 bits per heavy atom. The van der Waals surface area contributed by atoms with Crippen molar-refractivity contribution in [3.63, 3.8) is 0 Å². The van der Waals surface area contributed by atoms with Crippen LogP contribution in [0.15, 0.2) is 24.3 Å². The number of nitrogens with zero attached hydrogens (tertiary/aromatic N) is 2. The minimum atomic E-state index is -0.393. The van der Waals surface area contributed by atoms with Gasteiger partial charge in [0.1, 0.15) is 0 Å². The van der Waals surface area contributed by atoms with Gasteiger partial charge in [-0.05, 0) is 19.3 Å². The van der Waals surface area contributed by atoms with Gasteiger partial charge in [-0.1, -0.05) is 18.2 Å². The highest BCUT2D eigenvalue weighted by Crippen LogP contribution is 2.25. The fraction of sp³-hybridized carbons (Fsp3) is 0.500. The minimum absolute atomic E-state index is 0.0649. The van der Waals surface area contributed by atoms with Gasteiger partial charge in [-0.15, -0.1) is 0 Å². The zero-order chi connectivity index (χ0) is 14.1. The van der Waals surface area contributed by atoms with Crippen LogP contribution in [0.25, 0.3) is 0 Å². The molecule has 20 heavy (non-hydrogen) atoms. The Hall–Kier alpha value is -1.95. The second-order valence-electron chi connectivity index (χ2n) is 5.43. The van der Waals surface area contributed by atoms with Crippen LogP contribution in [-0.4, -0.2) is 34.4 Å². The standard InChI is InChI=1S/C14H17N3O3/c18-14-12(15-11-5-6-11)7-8-16(14)9-10-3-1-2-4-13(10)17(19)20/h1-4,11-12,15H,5-9H2. The number of nitrogens with one attached hydrogen (secondary N) is 1. The lowest BCUT2D eigenvalue weighted by Gasteiger charge is -2.17. The lowest BCUT2D eigenvalue weighted by atomic mass is 10.1. The number of likely N-dealkylation sites (tertiary alicyclic amines) is 1. The van der Waals surface area contributed by atoms with Gasteiger partial charge in [0.15, 0.2) is 0 Å². The summed E-state index contributed by atoms with van der Waals surface area (Å²) in [4.78, 5) is 24.6. The number of amides is 1. The number of hydrogen-bond donors (Lipinski definition) is 1. The molecule has 1 atom stereocenters. The zero-order valence-electron chi connectivity index (χ0n) is 11.1. The van der Waals surface area contributed by atoms with Crippen molar-refractivity contribution in [2.24, 2.45) is 0 Å². The van der Waals surface area contributed by atoms with E-state index < -0.39 is 4.92 Å². The molecule has 6 heteroatoms. The summed E-state index contributed by atoms with van der Waals surface area (Å²) in [5, 5.41) is 14.3. The van der Waals surface area contributed by atoms with E-state index in [0.717, 1.165) is 19.3 Å². The van der Waals surface area contributed by atoms with Gasteiger partial charge in [-0.2, -0.15) is 0 Å². The third-order valence-electron chi connectivity index (χ3n) is 3.86. The molecular formula is C14H17N3O3. The summed E-state index contributed by atoms with van der Waals surface area (Å²) in [5.74, 6) is 0.0649. The van der Waals surface area contributed by atoms with E-state index in [9.17, 15) is 14.9 Å². The molecule has 1 saturated carbocycles. The summed E-state index contributed by atoms with van der Waals surface area (Å²) in [7, 11) is 0. The molecule has 1 heterocycles. The third kappa shape index (κ3) is 2.65. The van der Waals surface area contributed by atoms with E-state index in [0.29, 0.717) is 24.7 Å². The SMILES string of the molecule is O=C1C(NC2CC2)CCN1Cc1ccccc1[N+](=O)[O-]. The maximum Gasteiger partial charge on any atom is 0.274 e. The third-order valence-corrected chi connectivity index (χ3v) is 3.86. The lowest BCUT2D eigenvalue weighted by Crippen LogP contribution is -2.39. The second kappa shape index (κ2) is 5.20. The average Bonchev–Trinajstić information content (AvgIpc) is 3.19. The first-order chi connectivity index (χ1) is 9.65. The smallest absolute Gasteiger partial charge is 0.274 e. The number of nitro groups is 1. The molecule has 0 radical (unpaired) electrons. The topological polar surface area (TPSA) is 75.5 Å². The summed E-state index contributed by atoms with van der Waals surface area (Å²) < 4.78 is 0.